The molecule has 6 nitrogen and oxygen atoms in total. The van der Waals surface area contributed by atoms with Crippen molar-refractivity contribution in [3.8, 4) is 0 Å². The maximum Gasteiger partial charge on any atom is 0.332 e. The first kappa shape index (κ1) is 20.1. The Morgan fingerprint density at radius 1 is 1.00 bits per heavy atom. The van der Waals surface area contributed by atoms with Gasteiger partial charge >= 0.3 is 6.03 Å². The van der Waals surface area contributed by atoms with Gasteiger partial charge in [0.2, 0.25) is 10.0 Å². The van der Waals surface area contributed by atoms with Gasteiger partial charge in [-0.15, -0.1) is 0 Å². The largest absolute Gasteiger partial charge is 0.332 e. The van der Waals surface area contributed by atoms with E-state index in [0.717, 1.165) is 70.1 Å². The van der Waals surface area contributed by atoms with Gasteiger partial charge in [-0.2, -0.15) is 0 Å². The van der Waals surface area contributed by atoms with Crippen LogP contribution in [0.4, 0.5) is 10.5 Å². The van der Waals surface area contributed by atoms with Crippen LogP contribution in [0.1, 0.15) is 61.3 Å². The molecule has 0 bridgehead atoms. The van der Waals surface area contributed by atoms with E-state index in [4.69, 9.17) is 0 Å². The second-order valence-corrected chi connectivity index (χ2v) is 9.41. The van der Waals surface area contributed by atoms with Gasteiger partial charge in [-0.25, -0.2) is 17.9 Å². The molecule has 3 N–H and O–H groups in total. The minimum atomic E-state index is -3.61. The van der Waals surface area contributed by atoms with Crippen LogP contribution in [0.25, 0.3) is 0 Å². The van der Waals surface area contributed by atoms with Gasteiger partial charge in [0.05, 0.1) is 5.75 Å². The Morgan fingerprint density at radius 3 is 2.30 bits per heavy atom. The van der Waals surface area contributed by atoms with Crippen LogP contribution in [0.2, 0.25) is 0 Å². The highest BCUT2D eigenvalue weighted by Crippen LogP contribution is 2.38. The van der Waals surface area contributed by atoms with Gasteiger partial charge in [0, 0.05) is 5.69 Å². The van der Waals surface area contributed by atoms with Crippen molar-refractivity contribution in [1.29, 1.82) is 0 Å². The molecule has 2 amide bonds. The normalized spacial score (nSPS) is 15.4. The summed E-state index contributed by atoms with van der Waals surface area (Å²) in [6.45, 7) is 3.84. The number of sulfonamides is 1. The van der Waals surface area contributed by atoms with E-state index >= 15 is 0 Å². The fraction of sp³-hybridized carbons (Fsp3) is 0.650. The molecule has 0 unspecified atom stereocenters. The fourth-order valence-corrected chi connectivity index (χ4v) is 5.16. The number of fused-ring (bicyclic) bond motifs is 2. The summed E-state index contributed by atoms with van der Waals surface area (Å²) >= 11 is 0. The van der Waals surface area contributed by atoms with Crippen molar-refractivity contribution in [1.82, 2.24) is 10.0 Å². The van der Waals surface area contributed by atoms with Crippen molar-refractivity contribution < 1.29 is 13.2 Å². The highest BCUT2D eigenvalue weighted by atomic mass is 32.2. The molecule has 0 fully saturated rings. The second kappa shape index (κ2) is 9.06. The zero-order valence-corrected chi connectivity index (χ0v) is 17.0. The van der Waals surface area contributed by atoms with Crippen LogP contribution < -0.4 is 15.4 Å². The molecule has 2 aliphatic carbocycles. The topological polar surface area (TPSA) is 87.3 Å². The Kier molecular flexibility index (Phi) is 6.76. The summed E-state index contributed by atoms with van der Waals surface area (Å²) in [5.74, 6) is -0.0285. The maximum atomic E-state index is 12.4. The molecule has 0 heterocycles. The van der Waals surface area contributed by atoms with E-state index in [-0.39, 0.29) is 5.75 Å². The number of rotatable bonds is 9. The van der Waals surface area contributed by atoms with E-state index < -0.39 is 16.1 Å². The maximum absolute atomic E-state index is 12.4. The lowest BCUT2D eigenvalue weighted by molar-refractivity contribution is 0.256. The van der Waals surface area contributed by atoms with Crippen LogP contribution in [0.5, 0.6) is 0 Å². The molecular weight excluding hydrogens is 362 g/mol. The Hall–Kier alpha value is -1.60. The zero-order valence-electron chi connectivity index (χ0n) is 16.2. The fourth-order valence-electron chi connectivity index (χ4n) is 4.14. The van der Waals surface area contributed by atoms with Gasteiger partial charge in [0.15, 0.2) is 0 Å². The highest BCUT2D eigenvalue weighted by molar-refractivity contribution is 7.90. The van der Waals surface area contributed by atoms with Gasteiger partial charge < -0.3 is 10.6 Å². The third-order valence-corrected chi connectivity index (χ3v) is 6.73. The number of unbranched alkanes of at least 4 members (excludes halogenated alkanes) is 1. The molecule has 7 heteroatoms. The number of anilines is 1. The van der Waals surface area contributed by atoms with E-state index in [1.54, 1.807) is 0 Å². The molecule has 0 spiro atoms. The predicted molar refractivity (Wildman–Crippen MR) is 109 cm³/mol. The second-order valence-electron chi connectivity index (χ2n) is 7.57. The molecule has 0 atom stereocenters. The molecule has 0 radical (unpaired) electrons. The highest BCUT2D eigenvalue weighted by Gasteiger charge is 2.25. The third kappa shape index (κ3) is 5.23. The van der Waals surface area contributed by atoms with Gasteiger partial charge in [0.25, 0.3) is 0 Å². The van der Waals surface area contributed by atoms with E-state index in [2.05, 4.69) is 28.3 Å². The molecule has 2 aliphatic rings. The molecule has 0 aliphatic heterocycles. The molecule has 27 heavy (non-hydrogen) atoms. The number of carbonyl (C=O) groups excluding carboxylic acids is 1. The van der Waals surface area contributed by atoms with Crippen LogP contribution in [0.15, 0.2) is 6.07 Å². The first-order chi connectivity index (χ1) is 13.0. The molecule has 1 aromatic rings. The monoisotopic (exact) mass is 393 g/mol. The van der Waals surface area contributed by atoms with Gasteiger partial charge in [-0.05, 0) is 93.1 Å². The quantitative estimate of drug-likeness (QED) is 0.563. The molecule has 1 aromatic carbocycles. The zero-order chi connectivity index (χ0) is 19.3. The number of hydrogen-bond donors (Lipinski definition) is 3. The summed E-state index contributed by atoms with van der Waals surface area (Å²) in [6.07, 6.45) is 8.57. The Bertz CT molecular complexity index is 758. The first-order valence-corrected chi connectivity index (χ1v) is 11.8. The summed E-state index contributed by atoms with van der Waals surface area (Å²) < 4.78 is 26.6. The lowest BCUT2D eigenvalue weighted by Gasteiger charge is -2.16. The molecule has 150 valence electrons. The van der Waals surface area contributed by atoms with Crippen molar-refractivity contribution >= 4 is 21.7 Å². The SMILES string of the molecule is CCCNCCCCS(=O)(=O)NC(=O)Nc1c2c(cc3c1CCC3)CCC2. The molecule has 0 saturated carbocycles. The smallest absolute Gasteiger partial charge is 0.317 e. The average Bonchev–Trinajstić information content (AvgIpc) is 3.26. The number of nitrogens with one attached hydrogen (secondary N) is 3. The first-order valence-electron chi connectivity index (χ1n) is 10.2. The number of benzene rings is 1. The number of aryl methyl sites for hydroxylation is 2. The lowest BCUT2D eigenvalue weighted by Crippen LogP contribution is -2.36. The van der Waals surface area contributed by atoms with Gasteiger partial charge in [-0.3, -0.25) is 0 Å². The van der Waals surface area contributed by atoms with E-state index in [1.807, 2.05) is 0 Å². The Morgan fingerprint density at radius 2 is 1.67 bits per heavy atom. The van der Waals surface area contributed by atoms with E-state index in [9.17, 15) is 13.2 Å². The molecule has 0 saturated heterocycles. The summed E-state index contributed by atoms with van der Waals surface area (Å²) in [6, 6.07) is 1.66. The number of carbonyl (C=O) groups is 1. The minimum Gasteiger partial charge on any atom is -0.317 e. The van der Waals surface area contributed by atoms with Crippen molar-refractivity contribution in [2.75, 3.05) is 24.2 Å². The van der Waals surface area contributed by atoms with E-state index in [1.165, 1.54) is 22.3 Å². The Labute approximate surface area is 162 Å². The van der Waals surface area contributed by atoms with Gasteiger partial charge in [0.1, 0.15) is 0 Å². The van der Waals surface area contributed by atoms with Crippen LogP contribution in [0.3, 0.4) is 0 Å². The lowest BCUT2D eigenvalue weighted by atomic mass is 9.99. The standard InChI is InChI=1S/C20H31N3O3S/c1-2-11-21-12-3-4-13-27(25,26)23-20(24)22-19-17-9-5-7-15(17)14-16-8-6-10-18(16)19/h14,21H,2-13H2,1H3,(H2,22,23,24). The summed E-state index contributed by atoms with van der Waals surface area (Å²) in [4.78, 5) is 12.4. The number of amides is 2. The Balaban J connectivity index is 1.57. The van der Waals surface area contributed by atoms with Crippen molar-refractivity contribution in [3.63, 3.8) is 0 Å². The minimum absolute atomic E-state index is 0.0285. The molecule has 3 rings (SSSR count). The summed E-state index contributed by atoms with van der Waals surface area (Å²) in [5.41, 5.74) is 5.89. The average molecular weight is 394 g/mol. The third-order valence-electron chi connectivity index (χ3n) is 5.40. The van der Waals surface area contributed by atoms with Gasteiger partial charge in [-0.1, -0.05) is 13.0 Å². The van der Waals surface area contributed by atoms with Crippen molar-refractivity contribution in [2.24, 2.45) is 0 Å². The van der Waals surface area contributed by atoms with Crippen LogP contribution in [-0.2, 0) is 35.7 Å². The van der Waals surface area contributed by atoms with E-state index in [0.29, 0.717) is 6.42 Å². The number of urea groups is 1. The van der Waals surface area contributed by atoms with Crippen LogP contribution >= 0.6 is 0 Å². The molecular formula is C20H31N3O3S. The van der Waals surface area contributed by atoms with Crippen molar-refractivity contribution in [3.05, 3.63) is 28.3 Å². The number of hydrogen-bond acceptors (Lipinski definition) is 4. The van der Waals surface area contributed by atoms with Crippen molar-refractivity contribution in [2.45, 2.75) is 64.7 Å². The predicted octanol–water partition coefficient (Wildman–Crippen LogP) is 2.90. The summed E-state index contributed by atoms with van der Waals surface area (Å²) in [5, 5.41) is 6.12. The summed E-state index contributed by atoms with van der Waals surface area (Å²) in [7, 11) is -3.61. The van der Waals surface area contributed by atoms with Crippen LogP contribution in [-0.4, -0.2) is 33.3 Å². The molecule has 0 aromatic heterocycles. The van der Waals surface area contributed by atoms with Crippen LogP contribution in [0, 0.1) is 0 Å².